The van der Waals surface area contributed by atoms with Crippen molar-refractivity contribution in [3.05, 3.63) is 48.2 Å². The molecule has 0 atom stereocenters. The van der Waals surface area contributed by atoms with Crippen LogP contribution < -0.4 is 11.1 Å². The van der Waals surface area contributed by atoms with E-state index in [0.29, 0.717) is 11.4 Å². The van der Waals surface area contributed by atoms with E-state index in [0.717, 1.165) is 6.07 Å². The van der Waals surface area contributed by atoms with Crippen molar-refractivity contribution in [3.8, 4) is 0 Å². The number of halogens is 2. The van der Waals surface area contributed by atoms with Gasteiger partial charge in [-0.1, -0.05) is 12.1 Å². The van der Waals surface area contributed by atoms with Crippen molar-refractivity contribution in [1.29, 1.82) is 0 Å². The summed E-state index contributed by atoms with van der Waals surface area (Å²) in [6, 6.07) is 9.31. The molecule has 5 heteroatoms. The Kier molecular flexibility index (Phi) is 2.68. The van der Waals surface area contributed by atoms with Crippen LogP contribution in [0.15, 0.2) is 36.4 Å². The molecular formula is C11H9F2N3. The molecule has 0 radical (unpaired) electrons. The lowest BCUT2D eigenvalue weighted by atomic mass is 10.2. The molecule has 3 N–H and O–H groups in total. The van der Waals surface area contributed by atoms with Gasteiger partial charge in [0.05, 0.1) is 11.4 Å². The van der Waals surface area contributed by atoms with Crippen LogP contribution in [-0.4, -0.2) is 4.98 Å². The van der Waals surface area contributed by atoms with Crippen LogP contribution in [0.4, 0.5) is 26.0 Å². The quantitative estimate of drug-likeness (QED) is 0.605. The van der Waals surface area contributed by atoms with E-state index in [2.05, 4.69) is 10.3 Å². The van der Waals surface area contributed by atoms with Crippen molar-refractivity contribution in [1.82, 2.24) is 4.98 Å². The summed E-state index contributed by atoms with van der Waals surface area (Å²) in [7, 11) is 0. The Bertz CT molecular complexity index is 514. The van der Waals surface area contributed by atoms with Crippen molar-refractivity contribution < 1.29 is 8.78 Å². The Morgan fingerprint density at radius 3 is 2.50 bits per heavy atom. The van der Waals surface area contributed by atoms with Crippen molar-refractivity contribution in [2.75, 3.05) is 11.1 Å². The van der Waals surface area contributed by atoms with Gasteiger partial charge in [0.2, 0.25) is 0 Å². The highest BCUT2D eigenvalue weighted by Gasteiger charge is 2.05. The van der Waals surface area contributed by atoms with Crippen LogP contribution in [0, 0.1) is 11.8 Å². The molecule has 0 bridgehead atoms. The molecule has 82 valence electrons. The minimum absolute atomic E-state index is 0.205. The zero-order chi connectivity index (χ0) is 11.5. The van der Waals surface area contributed by atoms with Crippen molar-refractivity contribution >= 4 is 17.2 Å². The highest BCUT2D eigenvalue weighted by atomic mass is 19.2. The smallest absolute Gasteiger partial charge is 0.250 e. The molecule has 2 aromatic rings. The number of hydrogen-bond donors (Lipinski definition) is 2. The molecule has 0 unspecified atom stereocenters. The second kappa shape index (κ2) is 4.14. The number of pyridine rings is 1. The summed E-state index contributed by atoms with van der Waals surface area (Å²) in [6.45, 7) is 0. The molecule has 0 aliphatic heterocycles. The Morgan fingerprint density at radius 1 is 1.06 bits per heavy atom. The third-order valence-electron chi connectivity index (χ3n) is 2.03. The summed E-state index contributed by atoms with van der Waals surface area (Å²) >= 11 is 0. The maximum absolute atomic E-state index is 12.8. The van der Waals surface area contributed by atoms with Gasteiger partial charge in [-0.2, -0.15) is 9.37 Å². The van der Waals surface area contributed by atoms with E-state index in [-0.39, 0.29) is 5.82 Å². The molecule has 0 amide bonds. The number of para-hydroxylation sites is 2. The average Bonchev–Trinajstić information content (AvgIpc) is 2.27. The van der Waals surface area contributed by atoms with Gasteiger partial charge in [-0.05, 0) is 24.3 Å². The molecule has 3 nitrogen and oxygen atoms in total. The first-order chi connectivity index (χ1) is 7.66. The highest BCUT2D eigenvalue weighted by molar-refractivity contribution is 5.70. The van der Waals surface area contributed by atoms with Crippen LogP contribution >= 0.6 is 0 Å². The van der Waals surface area contributed by atoms with Gasteiger partial charge in [-0.25, -0.2) is 4.39 Å². The van der Waals surface area contributed by atoms with Crippen LogP contribution in [0.3, 0.4) is 0 Å². The number of hydrogen-bond acceptors (Lipinski definition) is 3. The van der Waals surface area contributed by atoms with Crippen molar-refractivity contribution in [2.45, 2.75) is 0 Å². The van der Waals surface area contributed by atoms with Crippen LogP contribution in [0.1, 0.15) is 0 Å². The molecule has 2 rings (SSSR count). The molecule has 1 heterocycles. The zero-order valence-electron chi connectivity index (χ0n) is 8.24. The second-order valence-corrected chi connectivity index (χ2v) is 3.18. The monoisotopic (exact) mass is 221 g/mol. The normalized spacial score (nSPS) is 10.1. The Labute approximate surface area is 90.9 Å². The number of rotatable bonds is 2. The SMILES string of the molecule is Nc1ccccc1Nc1ccc(F)c(F)n1. The lowest BCUT2D eigenvalue weighted by Gasteiger charge is -2.07. The third-order valence-corrected chi connectivity index (χ3v) is 2.03. The molecule has 1 aromatic heterocycles. The summed E-state index contributed by atoms with van der Waals surface area (Å²) < 4.78 is 25.5. The molecule has 0 aliphatic carbocycles. The molecule has 1 aromatic carbocycles. The van der Waals surface area contributed by atoms with E-state index < -0.39 is 11.8 Å². The van der Waals surface area contributed by atoms with Gasteiger partial charge in [0, 0.05) is 0 Å². The van der Waals surface area contributed by atoms with Crippen LogP contribution in [0.25, 0.3) is 0 Å². The zero-order valence-corrected chi connectivity index (χ0v) is 8.24. The minimum Gasteiger partial charge on any atom is -0.397 e. The predicted octanol–water partition coefficient (Wildman–Crippen LogP) is 2.69. The Balaban J connectivity index is 2.28. The standard InChI is InChI=1S/C11H9F2N3/c12-7-5-6-10(16-11(7)13)15-9-4-2-1-3-8(9)14/h1-6H,14H2,(H,15,16). The molecular weight excluding hydrogens is 212 g/mol. The van der Waals surface area contributed by atoms with Crippen molar-refractivity contribution in [2.24, 2.45) is 0 Å². The van der Waals surface area contributed by atoms with Crippen LogP contribution in [0.2, 0.25) is 0 Å². The van der Waals surface area contributed by atoms with Gasteiger partial charge in [0.1, 0.15) is 5.82 Å². The lowest BCUT2D eigenvalue weighted by molar-refractivity contribution is 0.481. The van der Waals surface area contributed by atoms with Crippen LogP contribution in [-0.2, 0) is 0 Å². The maximum atomic E-state index is 12.8. The largest absolute Gasteiger partial charge is 0.397 e. The average molecular weight is 221 g/mol. The summed E-state index contributed by atoms with van der Waals surface area (Å²) in [5.41, 5.74) is 6.78. The van der Waals surface area contributed by atoms with Crippen LogP contribution in [0.5, 0.6) is 0 Å². The lowest BCUT2D eigenvalue weighted by Crippen LogP contribution is -1.99. The molecule has 0 saturated carbocycles. The maximum Gasteiger partial charge on any atom is 0.250 e. The van der Waals surface area contributed by atoms with Gasteiger partial charge in [-0.3, -0.25) is 0 Å². The summed E-state index contributed by atoms with van der Waals surface area (Å²) in [5.74, 6) is -1.91. The number of nitrogens with two attached hydrogens (primary N) is 1. The topological polar surface area (TPSA) is 50.9 Å². The third kappa shape index (κ3) is 2.08. The number of nitrogens with zero attached hydrogens (tertiary/aromatic N) is 1. The number of benzene rings is 1. The molecule has 16 heavy (non-hydrogen) atoms. The molecule has 0 spiro atoms. The van der Waals surface area contributed by atoms with Gasteiger partial charge in [0.25, 0.3) is 5.95 Å². The number of anilines is 3. The van der Waals surface area contributed by atoms with E-state index in [9.17, 15) is 8.78 Å². The molecule has 0 fully saturated rings. The first kappa shape index (κ1) is 10.4. The predicted molar refractivity (Wildman–Crippen MR) is 58.3 cm³/mol. The minimum atomic E-state index is -1.14. The first-order valence-corrected chi connectivity index (χ1v) is 4.60. The highest BCUT2D eigenvalue weighted by Crippen LogP contribution is 2.21. The Hall–Kier alpha value is -2.17. The van der Waals surface area contributed by atoms with E-state index in [4.69, 9.17) is 5.73 Å². The molecule has 0 saturated heterocycles. The second-order valence-electron chi connectivity index (χ2n) is 3.18. The first-order valence-electron chi connectivity index (χ1n) is 4.60. The summed E-state index contributed by atoms with van der Waals surface area (Å²) in [6.07, 6.45) is 0. The number of aromatic nitrogens is 1. The van der Waals surface area contributed by atoms with Gasteiger partial charge < -0.3 is 11.1 Å². The van der Waals surface area contributed by atoms with E-state index in [1.807, 2.05) is 0 Å². The fourth-order valence-electron chi connectivity index (χ4n) is 1.24. The van der Waals surface area contributed by atoms with E-state index >= 15 is 0 Å². The summed E-state index contributed by atoms with van der Waals surface area (Å²) in [5, 5.41) is 2.80. The fourth-order valence-corrected chi connectivity index (χ4v) is 1.24. The van der Waals surface area contributed by atoms with Crippen molar-refractivity contribution in [3.63, 3.8) is 0 Å². The molecule has 0 aliphatic rings. The van der Waals surface area contributed by atoms with Gasteiger partial charge >= 0.3 is 0 Å². The van der Waals surface area contributed by atoms with Gasteiger partial charge in [-0.15, -0.1) is 0 Å². The van der Waals surface area contributed by atoms with E-state index in [1.54, 1.807) is 24.3 Å². The number of nitrogens with one attached hydrogen (secondary N) is 1. The Morgan fingerprint density at radius 2 is 1.81 bits per heavy atom. The van der Waals surface area contributed by atoms with E-state index in [1.165, 1.54) is 6.07 Å². The van der Waals surface area contributed by atoms with Gasteiger partial charge in [0.15, 0.2) is 5.82 Å². The fraction of sp³-hybridized carbons (Fsp3) is 0. The number of nitrogen functional groups attached to an aromatic ring is 1. The summed E-state index contributed by atoms with van der Waals surface area (Å²) in [4.78, 5) is 3.40.